The van der Waals surface area contributed by atoms with Crippen LogP contribution >= 0.6 is 0 Å². The highest BCUT2D eigenvalue weighted by Gasteiger charge is 2.39. The van der Waals surface area contributed by atoms with Crippen LogP contribution in [0.3, 0.4) is 0 Å². The Morgan fingerprint density at radius 1 is 0.719 bits per heavy atom. The Hall–Kier alpha value is -1.17. The van der Waals surface area contributed by atoms with Gasteiger partial charge in [-0.1, -0.05) is 18.2 Å². The highest BCUT2D eigenvalue weighted by molar-refractivity contribution is 6.71. The highest BCUT2D eigenvalue weighted by atomic mass is 28.4. The first-order valence-electron chi connectivity index (χ1n) is 12.1. The van der Waals surface area contributed by atoms with E-state index in [9.17, 15) is 0 Å². The van der Waals surface area contributed by atoms with E-state index in [2.05, 4.69) is 48.2 Å². The van der Waals surface area contributed by atoms with Gasteiger partial charge in [-0.3, -0.25) is 9.98 Å². The SMILES string of the molecule is CCO[Si](C)(C)CCCN=Cc1cccc(C=NCCC[Si](OCC)(OCC)OCC)c1. The maximum atomic E-state index is 5.90. The molecule has 0 heterocycles. The third-order valence-corrected chi connectivity index (χ3v) is 10.6. The Balaban J connectivity index is 2.49. The molecule has 0 atom stereocenters. The van der Waals surface area contributed by atoms with Gasteiger partial charge in [0.05, 0.1) is 0 Å². The zero-order chi connectivity index (χ0) is 23.7. The Morgan fingerprint density at radius 2 is 1.19 bits per heavy atom. The minimum absolute atomic E-state index is 0.607. The second-order valence-electron chi connectivity index (χ2n) is 8.12. The van der Waals surface area contributed by atoms with E-state index in [0.717, 1.165) is 55.8 Å². The third kappa shape index (κ3) is 12.2. The van der Waals surface area contributed by atoms with Gasteiger partial charge in [-0.15, -0.1) is 0 Å². The average molecular weight is 481 g/mol. The second-order valence-corrected chi connectivity index (χ2v) is 15.2. The predicted molar refractivity (Wildman–Crippen MR) is 140 cm³/mol. The molecule has 0 aromatic heterocycles. The lowest BCUT2D eigenvalue weighted by Gasteiger charge is -2.28. The molecule has 182 valence electrons. The molecule has 0 fully saturated rings. The summed E-state index contributed by atoms with van der Waals surface area (Å²) >= 11 is 0. The number of nitrogens with zero attached hydrogens (tertiary/aromatic N) is 2. The molecule has 0 spiro atoms. The Morgan fingerprint density at radius 3 is 1.66 bits per heavy atom. The van der Waals surface area contributed by atoms with Crippen LogP contribution in [-0.2, 0) is 17.7 Å². The van der Waals surface area contributed by atoms with Crippen LogP contribution in [-0.4, -0.2) is 69.1 Å². The number of hydrogen-bond donors (Lipinski definition) is 0. The second kappa shape index (κ2) is 16.4. The molecule has 0 amide bonds. The summed E-state index contributed by atoms with van der Waals surface area (Å²) in [5.74, 6) is 0. The van der Waals surface area contributed by atoms with Crippen LogP contribution in [0.1, 0.15) is 51.7 Å². The number of aliphatic imine (C=N–C) groups is 2. The minimum atomic E-state index is -2.57. The topological polar surface area (TPSA) is 61.6 Å². The average Bonchev–Trinajstić information content (AvgIpc) is 2.74. The summed E-state index contributed by atoms with van der Waals surface area (Å²) in [7, 11) is -4.07. The van der Waals surface area contributed by atoms with Gasteiger partial charge in [0, 0.05) is 58.0 Å². The molecule has 0 aliphatic carbocycles. The summed E-state index contributed by atoms with van der Waals surface area (Å²) in [5.41, 5.74) is 2.19. The van der Waals surface area contributed by atoms with Crippen molar-refractivity contribution in [1.82, 2.24) is 0 Å². The molecule has 0 radical (unpaired) electrons. The first-order valence-corrected chi connectivity index (χ1v) is 17.1. The molecule has 0 aliphatic rings. The maximum Gasteiger partial charge on any atom is 0.500 e. The van der Waals surface area contributed by atoms with Gasteiger partial charge in [0.2, 0.25) is 0 Å². The molecule has 0 saturated heterocycles. The van der Waals surface area contributed by atoms with Crippen LogP contribution in [0.5, 0.6) is 0 Å². The van der Waals surface area contributed by atoms with Crippen molar-refractivity contribution in [1.29, 1.82) is 0 Å². The zero-order valence-corrected chi connectivity index (χ0v) is 23.1. The molecule has 0 saturated carbocycles. The Kier molecular flexibility index (Phi) is 14.8. The van der Waals surface area contributed by atoms with Gasteiger partial charge in [-0.05, 0) is 76.9 Å². The Labute approximate surface area is 198 Å². The number of hydrogen-bond acceptors (Lipinski definition) is 6. The summed E-state index contributed by atoms with van der Waals surface area (Å²) < 4.78 is 23.6. The van der Waals surface area contributed by atoms with E-state index in [-0.39, 0.29) is 0 Å². The van der Waals surface area contributed by atoms with E-state index < -0.39 is 17.1 Å². The van der Waals surface area contributed by atoms with Gasteiger partial charge in [0.15, 0.2) is 8.32 Å². The molecule has 1 rings (SSSR count). The summed E-state index contributed by atoms with van der Waals surface area (Å²) in [5, 5.41) is 0. The molecule has 1 aromatic rings. The molecule has 0 unspecified atom stereocenters. The summed E-state index contributed by atoms with van der Waals surface area (Å²) in [4.78, 5) is 9.19. The van der Waals surface area contributed by atoms with Crippen molar-refractivity contribution < 1.29 is 17.7 Å². The van der Waals surface area contributed by atoms with E-state index in [1.807, 2.05) is 39.3 Å². The van der Waals surface area contributed by atoms with Crippen LogP contribution < -0.4 is 0 Å². The van der Waals surface area contributed by atoms with E-state index in [1.54, 1.807) is 0 Å². The fourth-order valence-electron chi connectivity index (χ4n) is 3.51. The van der Waals surface area contributed by atoms with Gasteiger partial charge in [-0.25, -0.2) is 0 Å². The van der Waals surface area contributed by atoms with Crippen LogP contribution in [0.2, 0.25) is 25.2 Å². The van der Waals surface area contributed by atoms with E-state index in [0.29, 0.717) is 19.8 Å². The van der Waals surface area contributed by atoms with Gasteiger partial charge in [0.1, 0.15) is 0 Å². The fourth-order valence-corrected chi connectivity index (χ4v) is 8.04. The fraction of sp³-hybridized carbons (Fsp3) is 0.667. The number of benzene rings is 1. The van der Waals surface area contributed by atoms with Crippen molar-refractivity contribution in [2.24, 2.45) is 9.98 Å². The van der Waals surface area contributed by atoms with Crippen LogP contribution in [0.4, 0.5) is 0 Å². The van der Waals surface area contributed by atoms with Gasteiger partial charge < -0.3 is 17.7 Å². The van der Waals surface area contributed by atoms with Crippen molar-refractivity contribution >= 4 is 29.6 Å². The van der Waals surface area contributed by atoms with Crippen molar-refractivity contribution in [3.63, 3.8) is 0 Å². The molecule has 0 bridgehead atoms. The van der Waals surface area contributed by atoms with Gasteiger partial charge in [0.25, 0.3) is 0 Å². The van der Waals surface area contributed by atoms with Crippen molar-refractivity contribution in [2.45, 2.75) is 65.7 Å². The number of rotatable bonds is 18. The lowest BCUT2D eigenvalue weighted by atomic mass is 10.1. The van der Waals surface area contributed by atoms with E-state index in [1.165, 1.54) is 0 Å². The molecule has 0 N–H and O–H groups in total. The van der Waals surface area contributed by atoms with Crippen LogP contribution in [0.25, 0.3) is 0 Å². The lowest BCUT2D eigenvalue weighted by Crippen LogP contribution is -2.46. The lowest BCUT2D eigenvalue weighted by molar-refractivity contribution is 0.0710. The van der Waals surface area contributed by atoms with Crippen LogP contribution in [0.15, 0.2) is 34.3 Å². The summed E-state index contributed by atoms with van der Waals surface area (Å²) in [6, 6.07) is 10.2. The smallest absolute Gasteiger partial charge is 0.418 e. The molecule has 1 aromatic carbocycles. The quantitative estimate of drug-likeness (QED) is 0.156. The van der Waals surface area contributed by atoms with Gasteiger partial charge >= 0.3 is 8.80 Å². The molecule has 32 heavy (non-hydrogen) atoms. The van der Waals surface area contributed by atoms with Crippen LogP contribution in [0, 0.1) is 0 Å². The first kappa shape index (κ1) is 28.9. The predicted octanol–water partition coefficient (Wildman–Crippen LogP) is 5.59. The van der Waals surface area contributed by atoms with E-state index >= 15 is 0 Å². The van der Waals surface area contributed by atoms with Crippen molar-refractivity contribution in [3.8, 4) is 0 Å². The summed E-state index contributed by atoms with van der Waals surface area (Å²) in [6.07, 6.45) is 5.84. The third-order valence-electron chi connectivity index (χ3n) is 4.86. The van der Waals surface area contributed by atoms with Crippen molar-refractivity contribution in [3.05, 3.63) is 35.4 Å². The molecule has 8 heteroatoms. The minimum Gasteiger partial charge on any atom is -0.418 e. The highest BCUT2D eigenvalue weighted by Crippen LogP contribution is 2.18. The van der Waals surface area contributed by atoms with E-state index in [4.69, 9.17) is 17.7 Å². The molecular formula is C24H44N2O4Si2. The largest absolute Gasteiger partial charge is 0.500 e. The first-order chi connectivity index (χ1) is 15.4. The van der Waals surface area contributed by atoms with Crippen molar-refractivity contribution in [2.75, 3.05) is 39.5 Å². The zero-order valence-electron chi connectivity index (χ0n) is 21.1. The van der Waals surface area contributed by atoms with Gasteiger partial charge in [-0.2, -0.15) is 0 Å². The standard InChI is InChI=1S/C24H44N2O4Si2/c1-7-27-31(5,6)18-12-16-25-21-23-14-11-15-24(20-23)22-26-17-13-19-32(28-8-2,29-9-3)30-10-4/h11,14-15,20-22H,7-10,12-13,16-19H2,1-6H3. The maximum absolute atomic E-state index is 5.90. The molecule has 0 aliphatic heterocycles. The normalized spacial score (nSPS) is 12.9. The molecular weight excluding hydrogens is 436 g/mol. The molecule has 6 nitrogen and oxygen atoms in total. The Bertz CT molecular complexity index is 667. The monoisotopic (exact) mass is 480 g/mol. The summed E-state index contributed by atoms with van der Waals surface area (Å²) in [6.45, 7) is 16.8.